The monoisotopic (exact) mass is 962 g/mol. The second-order valence-electron chi connectivity index (χ2n) is 19.8. The number of anilines is 4. The number of hydrogen-bond donors (Lipinski definition) is 3. The minimum Gasteiger partial charge on any atom is -0.359 e. The lowest BCUT2D eigenvalue weighted by Crippen LogP contribution is -2.37. The number of aromatic nitrogens is 10. The number of amides is 2. The first kappa shape index (κ1) is 46.1. The minimum absolute atomic E-state index is 0.0567. The second kappa shape index (κ2) is 19.4. The summed E-state index contributed by atoms with van der Waals surface area (Å²) in [6.45, 7) is 15.2. The summed E-state index contributed by atoms with van der Waals surface area (Å²) in [5, 5.41) is 29.1. The third-order valence-corrected chi connectivity index (χ3v) is 15.6. The number of piperidine rings is 1. The van der Waals surface area contributed by atoms with Crippen LogP contribution in [0.2, 0.25) is 0 Å². The molecule has 1 aliphatic heterocycles. The summed E-state index contributed by atoms with van der Waals surface area (Å²) < 4.78 is 5.86. The van der Waals surface area contributed by atoms with Crippen LogP contribution in [0.25, 0.3) is 43.5 Å². The molecule has 3 N–H and O–H groups in total. The van der Waals surface area contributed by atoms with E-state index in [9.17, 15) is 9.59 Å². The van der Waals surface area contributed by atoms with Crippen molar-refractivity contribution in [1.29, 1.82) is 0 Å². The largest absolute Gasteiger partial charge is 0.359 e. The van der Waals surface area contributed by atoms with Crippen molar-refractivity contribution in [3.05, 3.63) is 96.1 Å². The van der Waals surface area contributed by atoms with Gasteiger partial charge < -0.3 is 30.0 Å². The highest BCUT2D eigenvalue weighted by Gasteiger charge is 2.30. The van der Waals surface area contributed by atoms with E-state index in [4.69, 9.17) is 19.9 Å². The minimum atomic E-state index is -0.266. The van der Waals surface area contributed by atoms with Crippen LogP contribution in [0.15, 0.2) is 79.4 Å². The van der Waals surface area contributed by atoms with Gasteiger partial charge in [-0.25, -0.2) is 19.9 Å². The Balaban J connectivity index is 0.841. The van der Waals surface area contributed by atoms with E-state index in [1.54, 1.807) is 47.5 Å². The predicted molar refractivity (Wildman–Crippen MR) is 275 cm³/mol. The molecule has 7 heterocycles. The van der Waals surface area contributed by atoms with Gasteiger partial charge in [0.15, 0.2) is 21.9 Å². The summed E-state index contributed by atoms with van der Waals surface area (Å²) >= 11 is 3.21. The first-order chi connectivity index (χ1) is 33.3. The Hall–Kier alpha value is -6.66. The maximum absolute atomic E-state index is 13.9. The van der Waals surface area contributed by atoms with Crippen molar-refractivity contribution < 1.29 is 9.59 Å². The molecule has 2 amide bonds. The van der Waals surface area contributed by atoms with E-state index in [1.807, 2.05) is 63.7 Å². The molecule has 1 atom stereocenters. The quantitative estimate of drug-likeness (QED) is 0.0994. The average Bonchev–Trinajstić information content (AvgIpc) is 4.18. The van der Waals surface area contributed by atoms with E-state index >= 15 is 0 Å². The third-order valence-electron chi connectivity index (χ3n) is 13.6. The number of benzene rings is 2. The fourth-order valence-electron chi connectivity index (χ4n) is 9.55. The topological polar surface area (TPSA) is 186 Å². The highest BCUT2D eigenvalue weighted by Crippen LogP contribution is 2.38. The van der Waals surface area contributed by atoms with E-state index < -0.39 is 0 Å². The van der Waals surface area contributed by atoms with Crippen molar-refractivity contribution in [3.63, 3.8) is 0 Å². The highest BCUT2D eigenvalue weighted by atomic mass is 32.1. The first-order valence-corrected chi connectivity index (χ1v) is 25.7. The molecular formula is C51H58N14O2S2. The zero-order valence-electron chi connectivity index (χ0n) is 39.9. The summed E-state index contributed by atoms with van der Waals surface area (Å²) in [4.78, 5) is 49.4. The fourth-order valence-corrected chi connectivity index (χ4v) is 11.6. The average molecular weight is 963 g/mol. The molecule has 1 saturated carbocycles. The lowest BCUT2D eigenvalue weighted by atomic mass is 9.75. The summed E-state index contributed by atoms with van der Waals surface area (Å²) in [5.41, 5.74) is 5.17. The molecule has 2 fully saturated rings. The van der Waals surface area contributed by atoms with Crippen LogP contribution in [0.5, 0.6) is 0 Å². The van der Waals surface area contributed by atoms with E-state index in [0.717, 1.165) is 75.0 Å². The normalized spacial score (nSPS) is 15.6. The van der Waals surface area contributed by atoms with Crippen LogP contribution < -0.4 is 20.9 Å². The number of pyridine rings is 2. The standard InChI is InChI=1S/C51H58N14O2S2/c1-30(2)64-28-52-62-46(64)44-32(17-20-43(58-44)60-48(67)34-16-19-38-41(27-34)69-50(57-38)63-23-21-35(22-24-63)51(4,5)6)25-31(3)65-29-53-61-45(65)39-13-10-14-42(55-39)59-47(66)33-15-18-37-40(26-33)68-49(56-37)54-36-11-8-7-9-12-36/h10,13-20,26-31,35-36H,7-9,11-12,21-25H2,1-6H3,(H,54,56)(H,55,59,66)(H,58,60,67). The Labute approximate surface area is 409 Å². The number of hydrogen-bond acceptors (Lipinski definition) is 14. The van der Waals surface area contributed by atoms with Gasteiger partial charge in [-0.3, -0.25) is 9.59 Å². The van der Waals surface area contributed by atoms with Gasteiger partial charge in [-0.15, -0.1) is 20.4 Å². The highest BCUT2D eigenvalue weighted by molar-refractivity contribution is 7.22. The lowest BCUT2D eigenvalue weighted by Gasteiger charge is -2.38. The number of nitrogens with one attached hydrogen (secondary N) is 3. The molecule has 1 unspecified atom stereocenters. The maximum Gasteiger partial charge on any atom is 0.256 e. The molecule has 16 nitrogen and oxygen atoms in total. The molecule has 356 valence electrons. The molecule has 6 aromatic heterocycles. The van der Waals surface area contributed by atoms with E-state index in [0.29, 0.717) is 69.6 Å². The molecule has 69 heavy (non-hydrogen) atoms. The molecule has 2 aromatic carbocycles. The van der Waals surface area contributed by atoms with Crippen molar-refractivity contribution in [3.8, 4) is 23.0 Å². The van der Waals surface area contributed by atoms with Gasteiger partial charge in [-0.1, -0.05) is 74.8 Å². The Kier molecular flexibility index (Phi) is 12.9. The van der Waals surface area contributed by atoms with Crippen LogP contribution in [0.3, 0.4) is 0 Å². The Bertz CT molecular complexity index is 3130. The van der Waals surface area contributed by atoms with Crippen molar-refractivity contribution in [2.45, 2.75) is 111 Å². The number of fused-ring (bicyclic) bond motifs is 2. The van der Waals surface area contributed by atoms with Crippen LogP contribution in [0.4, 0.5) is 21.9 Å². The van der Waals surface area contributed by atoms with Crippen LogP contribution in [0, 0.1) is 11.3 Å². The summed E-state index contributed by atoms with van der Waals surface area (Å²) in [6, 6.07) is 20.8. The molecule has 1 aliphatic carbocycles. The number of carbonyl (C=O) groups excluding carboxylic acids is 2. The molecule has 0 spiro atoms. The number of nitrogens with zero attached hydrogens (tertiary/aromatic N) is 11. The van der Waals surface area contributed by atoms with Gasteiger partial charge in [0, 0.05) is 42.3 Å². The van der Waals surface area contributed by atoms with Gasteiger partial charge in [0.05, 0.1) is 20.4 Å². The SMILES string of the molecule is CC(C)n1cnnc1-c1nc(NC(=O)c2ccc3nc(N4CCC(C(C)(C)C)CC4)sc3c2)ccc1CC(C)n1cnnc1-c1cccc(NC(=O)c2ccc3nc(NC4CCCCC4)sc3c2)n1. The van der Waals surface area contributed by atoms with Gasteiger partial charge >= 0.3 is 0 Å². The molecule has 18 heteroatoms. The van der Waals surface area contributed by atoms with Gasteiger partial charge in [-0.2, -0.15) is 0 Å². The summed E-state index contributed by atoms with van der Waals surface area (Å²) in [5.74, 6) is 2.09. The van der Waals surface area contributed by atoms with Gasteiger partial charge in [0.2, 0.25) is 0 Å². The first-order valence-electron chi connectivity index (χ1n) is 24.0. The molecule has 8 aromatic rings. The zero-order valence-corrected chi connectivity index (χ0v) is 41.6. The van der Waals surface area contributed by atoms with Crippen LogP contribution >= 0.6 is 22.7 Å². The lowest BCUT2D eigenvalue weighted by molar-refractivity contribution is 0.101. The molecule has 1 saturated heterocycles. The fraction of sp³-hybridized carbons (Fsp3) is 0.412. The van der Waals surface area contributed by atoms with Crippen molar-refractivity contribution in [2.24, 2.45) is 11.3 Å². The number of rotatable bonds is 13. The van der Waals surface area contributed by atoms with Crippen LogP contribution in [0.1, 0.15) is 125 Å². The second-order valence-corrected chi connectivity index (χ2v) is 21.8. The number of thiazole rings is 2. The van der Waals surface area contributed by atoms with Crippen molar-refractivity contribution >= 4 is 76.8 Å². The van der Waals surface area contributed by atoms with Crippen molar-refractivity contribution in [1.82, 2.24) is 49.5 Å². The van der Waals surface area contributed by atoms with Gasteiger partial charge in [0.25, 0.3) is 11.8 Å². The molecule has 0 radical (unpaired) electrons. The van der Waals surface area contributed by atoms with E-state index in [1.165, 1.54) is 19.3 Å². The van der Waals surface area contributed by atoms with Gasteiger partial charge in [0.1, 0.15) is 35.7 Å². The summed E-state index contributed by atoms with van der Waals surface area (Å²) in [6.07, 6.45) is 12.3. The van der Waals surface area contributed by atoms with E-state index in [-0.39, 0.29) is 23.9 Å². The van der Waals surface area contributed by atoms with Crippen LogP contribution in [-0.2, 0) is 6.42 Å². The Morgan fingerprint density at radius 3 is 2.06 bits per heavy atom. The molecule has 2 aliphatic rings. The van der Waals surface area contributed by atoms with Gasteiger partial charge in [-0.05, 0) is 124 Å². The molecular weight excluding hydrogens is 905 g/mol. The Morgan fingerprint density at radius 1 is 0.710 bits per heavy atom. The predicted octanol–water partition coefficient (Wildman–Crippen LogP) is 11.1. The number of carbonyl (C=O) groups is 2. The van der Waals surface area contributed by atoms with Crippen LogP contribution in [-0.4, -0.2) is 80.4 Å². The zero-order chi connectivity index (χ0) is 47.8. The molecule has 0 bridgehead atoms. The maximum atomic E-state index is 13.9. The van der Waals surface area contributed by atoms with Crippen molar-refractivity contribution in [2.75, 3.05) is 33.9 Å². The molecule has 10 rings (SSSR count). The Morgan fingerprint density at radius 2 is 1.36 bits per heavy atom. The third kappa shape index (κ3) is 10.1. The smallest absolute Gasteiger partial charge is 0.256 e. The van der Waals surface area contributed by atoms with E-state index in [2.05, 4.69) is 82.8 Å². The summed E-state index contributed by atoms with van der Waals surface area (Å²) in [7, 11) is 0.